The van der Waals surface area contributed by atoms with Crippen molar-refractivity contribution in [3.63, 3.8) is 0 Å². The molecule has 2 saturated heterocycles. The van der Waals surface area contributed by atoms with Crippen molar-refractivity contribution in [2.24, 2.45) is 5.92 Å². The van der Waals surface area contributed by atoms with Gasteiger partial charge >= 0.3 is 0 Å². The minimum absolute atomic E-state index is 0.0708. The Bertz CT molecular complexity index is 635. The van der Waals surface area contributed by atoms with Crippen LogP contribution in [-0.2, 0) is 9.59 Å². The fourth-order valence-corrected chi connectivity index (χ4v) is 3.50. The lowest BCUT2D eigenvalue weighted by Gasteiger charge is -2.33. The van der Waals surface area contributed by atoms with Crippen molar-refractivity contribution in [2.75, 3.05) is 26.7 Å². The summed E-state index contributed by atoms with van der Waals surface area (Å²) in [5, 5.41) is 0. The summed E-state index contributed by atoms with van der Waals surface area (Å²) >= 11 is 0. The molecule has 1 atom stereocenters. The summed E-state index contributed by atoms with van der Waals surface area (Å²) < 4.78 is 6.15. The molecule has 3 rings (SSSR count). The summed E-state index contributed by atoms with van der Waals surface area (Å²) in [5.41, 5.74) is 2.34. The van der Waals surface area contributed by atoms with E-state index in [1.807, 2.05) is 4.90 Å². The van der Waals surface area contributed by atoms with Gasteiger partial charge in [-0.15, -0.1) is 0 Å². The summed E-state index contributed by atoms with van der Waals surface area (Å²) in [6.45, 7) is 6.09. The second kappa shape index (κ2) is 6.83. The molecule has 1 aromatic carbocycles. The van der Waals surface area contributed by atoms with Gasteiger partial charge in [0, 0.05) is 45.9 Å². The van der Waals surface area contributed by atoms with E-state index in [4.69, 9.17) is 4.74 Å². The summed E-state index contributed by atoms with van der Waals surface area (Å²) in [5.74, 6) is 0.973. The number of likely N-dealkylation sites (tertiary alicyclic amines) is 2. The molecule has 1 aromatic rings. The monoisotopic (exact) mass is 330 g/mol. The van der Waals surface area contributed by atoms with Crippen LogP contribution in [0.15, 0.2) is 18.2 Å². The first kappa shape index (κ1) is 16.8. The van der Waals surface area contributed by atoms with Crippen molar-refractivity contribution in [1.29, 1.82) is 0 Å². The molecule has 0 radical (unpaired) electrons. The van der Waals surface area contributed by atoms with Gasteiger partial charge in [0.1, 0.15) is 11.9 Å². The lowest BCUT2D eigenvalue weighted by Crippen LogP contribution is -2.44. The number of rotatable bonds is 3. The number of carbonyl (C=O) groups excluding carboxylic acids is 2. The first-order valence-electron chi connectivity index (χ1n) is 8.70. The molecule has 5 nitrogen and oxygen atoms in total. The Kier molecular flexibility index (Phi) is 4.78. The Balaban J connectivity index is 1.53. The van der Waals surface area contributed by atoms with Gasteiger partial charge in [-0.2, -0.15) is 0 Å². The molecule has 2 aliphatic rings. The van der Waals surface area contributed by atoms with Crippen LogP contribution in [0.4, 0.5) is 0 Å². The molecule has 5 heteroatoms. The largest absolute Gasteiger partial charge is 0.490 e. The molecular weight excluding hydrogens is 304 g/mol. The second-order valence-electron chi connectivity index (χ2n) is 7.09. The molecule has 0 spiro atoms. The molecule has 130 valence electrons. The number of aryl methyl sites for hydroxylation is 2. The van der Waals surface area contributed by atoms with Crippen LogP contribution in [0.2, 0.25) is 0 Å². The SMILES string of the molecule is Cc1ccc(C)c(OC2CCN(C(=O)[C@H]3CC(=O)N(C)C3)CC2)c1. The van der Waals surface area contributed by atoms with Gasteiger partial charge in [0.25, 0.3) is 0 Å². The van der Waals surface area contributed by atoms with Crippen molar-refractivity contribution in [3.8, 4) is 5.75 Å². The predicted molar refractivity (Wildman–Crippen MR) is 91.9 cm³/mol. The van der Waals surface area contributed by atoms with Crippen molar-refractivity contribution in [3.05, 3.63) is 29.3 Å². The standard InChI is InChI=1S/C19H26N2O3/c1-13-4-5-14(2)17(10-13)24-16-6-8-21(9-7-16)19(23)15-11-18(22)20(3)12-15/h4-5,10,15-16H,6-9,11-12H2,1-3H3/t15-/m0/s1. The number of piperidine rings is 1. The Labute approximate surface area is 143 Å². The van der Waals surface area contributed by atoms with Gasteiger partial charge in [-0.3, -0.25) is 9.59 Å². The molecule has 2 fully saturated rings. The van der Waals surface area contributed by atoms with Crippen molar-refractivity contribution >= 4 is 11.8 Å². The summed E-state index contributed by atoms with van der Waals surface area (Å²) in [4.78, 5) is 27.7. The number of nitrogens with zero attached hydrogens (tertiary/aromatic N) is 2. The molecule has 0 aliphatic carbocycles. The summed E-state index contributed by atoms with van der Waals surface area (Å²) in [6, 6.07) is 6.24. The fourth-order valence-electron chi connectivity index (χ4n) is 3.50. The molecule has 0 unspecified atom stereocenters. The van der Waals surface area contributed by atoms with E-state index in [2.05, 4.69) is 32.0 Å². The predicted octanol–water partition coefficient (Wildman–Crippen LogP) is 2.15. The van der Waals surface area contributed by atoms with E-state index in [1.165, 1.54) is 5.56 Å². The summed E-state index contributed by atoms with van der Waals surface area (Å²) in [6.07, 6.45) is 2.20. The van der Waals surface area contributed by atoms with Crippen molar-refractivity contribution < 1.29 is 14.3 Å². The van der Waals surface area contributed by atoms with E-state index in [-0.39, 0.29) is 23.8 Å². The Morgan fingerprint density at radius 1 is 1.21 bits per heavy atom. The fraction of sp³-hybridized carbons (Fsp3) is 0.579. The van der Waals surface area contributed by atoms with E-state index in [9.17, 15) is 9.59 Å². The van der Waals surface area contributed by atoms with Crippen molar-refractivity contribution in [2.45, 2.75) is 39.2 Å². The molecule has 2 amide bonds. The highest BCUT2D eigenvalue weighted by molar-refractivity contribution is 5.89. The Morgan fingerprint density at radius 2 is 1.92 bits per heavy atom. The normalized spacial score (nSPS) is 22.1. The molecule has 0 N–H and O–H groups in total. The van der Waals surface area contributed by atoms with Gasteiger partial charge in [-0.05, 0) is 31.0 Å². The van der Waals surface area contributed by atoms with Crippen LogP contribution in [0.1, 0.15) is 30.4 Å². The van der Waals surface area contributed by atoms with Crippen LogP contribution in [0.3, 0.4) is 0 Å². The molecular formula is C19H26N2O3. The number of amides is 2. The number of hydrogen-bond donors (Lipinski definition) is 0. The van der Waals surface area contributed by atoms with Gasteiger partial charge < -0.3 is 14.5 Å². The van der Waals surface area contributed by atoms with Crippen LogP contribution in [-0.4, -0.2) is 54.4 Å². The molecule has 0 aromatic heterocycles. The van der Waals surface area contributed by atoms with Crippen LogP contribution < -0.4 is 4.74 Å². The maximum atomic E-state index is 12.6. The minimum Gasteiger partial charge on any atom is -0.490 e. The van der Waals surface area contributed by atoms with Gasteiger partial charge in [0.15, 0.2) is 0 Å². The van der Waals surface area contributed by atoms with Crippen LogP contribution in [0.5, 0.6) is 5.75 Å². The minimum atomic E-state index is -0.168. The topological polar surface area (TPSA) is 49.9 Å². The first-order chi connectivity index (χ1) is 11.4. The van der Waals surface area contributed by atoms with Gasteiger partial charge in [0.2, 0.25) is 11.8 Å². The zero-order valence-corrected chi connectivity index (χ0v) is 14.7. The number of benzene rings is 1. The van der Waals surface area contributed by atoms with E-state index < -0.39 is 0 Å². The maximum absolute atomic E-state index is 12.6. The van der Waals surface area contributed by atoms with Crippen LogP contribution in [0, 0.1) is 19.8 Å². The molecule has 2 heterocycles. The molecule has 0 saturated carbocycles. The number of ether oxygens (including phenoxy) is 1. The third-order valence-electron chi connectivity index (χ3n) is 5.08. The smallest absolute Gasteiger partial charge is 0.227 e. The molecule has 24 heavy (non-hydrogen) atoms. The van der Waals surface area contributed by atoms with Gasteiger partial charge in [0.05, 0.1) is 5.92 Å². The average molecular weight is 330 g/mol. The van der Waals surface area contributed by atoms with E-state index in [0.29, 0.717) is 26.1 Å². The third kappa shape index (κ3) is 3.55. The average Bonchev–Trinajstić information content (AvgIpc) is 2.90. The summed E-state index contributed by atoms with van der Waals surface area (Å²) in [7, 11) is 1.76. The van der Waals surface area contributed by atoms with E-state index in [1.54, 1.807) is 11.9 Å². The molecule has 0 bridgehead atoms. The van der Waals surface area contributed by atoms with Crippen molar-refractivity contribution in [1.82, 2.24) is 9.80 Å². The Morgan fingerprint density at radius 3 is 2.54 bits per heavy atom. The van der Waals surface area contributed by atoms with Gasteiger partial charge in [-0.1, -0.05) is 12.1 Å². The Hall–Kier alpha value is -2.04. The first-order valence-corrected chi connectivity index (χ1v) is 8.70. The highest BCUT2D eigenvalue weighted by Crippen LogP contribution is 2.25. The zero-order valence-electron chi connectivity index (χ0n) is 14.7. The van der Waals surface area contributed by atoms with E-state index >= 15 is 0 Å². The zero-order chi connectivity index (χ0) is 17.3. The molecule has 2 aliphatic heterocycles. The quantitative estimate of drug-likeness (QED) is 0.853. The number of hydrogen-bond acceptors (Lipinski definition) is 3. The second-order valence-corrected chi connectivity index (χ2v) is 7.09. The highest BCUT2D eigenvalue weighted by Gasteiger charge is 2.36. The number of carbonyl (C=O) groups is 2. The van der Waals surface area contributed by atoms with Gasteiger partial charge in [-0.25, -0.2) is 0 Å². The third-order valence-corrected chi connectivity index (χ3v) is 5.08. The van der Waals surface area contributed by atoms with Crippen LogP contribution >= 0.6 is 0 Å². The van der Waals surface area contributed by atoms with E-state index in [0.717, 1.165) is 24.2 Å². The van der Waals surface area contributed by atoms with Crippen LogP contribution in [0.25, 0.3) is 0 Å². The lowest BCUT2D eigenvalue weighted by atomic mass is 10.0. The maximum Gasteiger partial charge on any atom is 0.227 e. The lowest BCUT2D eigenvalue weighted by molar-refractivity contribution is -0.137. The highest BCUT2D eigenvalue weighted by atomic mass is 16.5.